The summed E-state index contributed by atoms with van der Waals surface area (Å²) in [5.41, 5.74) is 1.26. The third-order valence-electron chi connectivity index (χ3n) is 2.57. The van der Waals surface area contributed by atoms with E-state index < -0.39 is 0 Å². The number of fused-ring (bicyclic) bond motifs is 1. The van der Waals surface area contributed by atoms with Crippen molar-refractivity contribution in [1.82, 2.24) is 4.98 Å². The first kappa shape index (κ1) is 13.3. The predicted molar refractivity (Wildman–Crippen MR) is 81.9 cm³/mol. The summed E-state index contributed by atoms with van der Waals surface area (Å²) >= 11 is 13.2. The fourth-order valence-corrected chi connectivity index (χ4v) is 2.75. The number of azo groups is 1. The molecule has 3 rings (SSSR count). The number of halogens is 2. The Morgan fingerprint density at radius 3 is 2.60 bits per heavy atom. The number of aromatic hydroxyl groups is 1. The quantitative estimate of drug-likeness (QED) is 0.612. The maximum Gasteiger partial charge on any atom is 0.231 e. The topological polar surface area (TPSA) is 57.8 Å². The molecule has 0 radical (unpaired) electrons. The molecule has 0 aliphatic heterocycles. The van der Waals surface area contributed by atoms with Crippen LogP contribution in [0.2, 0.25) is 10.0 Å². The van der Waals surface area contributed by atoms with Gasteiger partial charge in [-0.1, -0.05) is 46.7 Å². The molecule has 0 saturated carbocycles. The molecule has 1 heterocycles. The van der Waals surface area contributed by atoms with Gasteiger partial charge >= 0.3 is 0 Å². The van der Waals surface area contributed by atoms with Gasteiger partial charge in [-0.3, -0.25) is 0 Å². The molecule has 20 heavy (non-hydrogen) atoms. The van der Waals surface area contributed by atoms with E-state index in [1.165, 1.54) is 17.4 Å². The average Bonchev–Trinajstić information content (AvgIpc) is 2.87. The standard InChI is InChI=1S/C13H7Cl2N3OS/c14-11-8(5-6-9(19)12(11)15)17-18-13-16-7-3-1-2-4-10(7)20-13/h1-6,19H. The number of nitrogens with zero attached hydrogens (tertiary/aromatic N) is 3. The number of hydrogen-bond acceptors (Lipinski definition) is 5. The first-order valence-electron chi connectivity index (χ1n) is 5.59. The Morgan fingerprint density at radius 2 is 1.80 bits per heavy atom. The zero-order valence-electron chi connectivity index (χ0n) is 9.92. The number of aromatic nitrogens is 1. The molecule has 0 aliphatic carbocycles. The van der Waals surface area contributed by atoms with Gasteiger partial charge in [0.1, 0.15) is 16.5 Å². The number of hydrogen-bond donors (Lipinski definition) is 1. The van der Waals surface area contributed by atoms with Crippen molar-refractivity contribution in [2.75, 3.05) is 0 Å². The molecule has 100 valence electrons. The maximum atomic E-state index is 9.41. The van der Waals surface area contributed by atoms with Crippen LogP contribution in [0.1, 0.15) is 0 Å². The normalized spacial score (nSPS) is 11.5. The summed E-state index contributed by atoms with van der Waals surface area (Å²) in [7, 11) is 0. The summed E-state index contributed by atoms with van der Waals surface area (Å²) in [4.78, 5) is 4.33. The Balaban J connectivity index is 1.96. The van der Waals surface area contributed by atoms with Crippen LogP contribution in [0.5, 0.6) is 5.75 Å². The molecule has 0 fully saturated rings. The highest BCUT2D eigenvalue weighted by Gasteiger charge is 2.09. The van der Waals surface area contributed by atoms with Gasteiger partial charge in [0.2, 0.25) is 5.13 Å². The summed E-state index contributed by atoms with van der Waals surface area (Å²) in [5.74, 6) is -0.0874. The first-order chi connectivity index (χ1) is 9.65. The molecule has 2 aromatic carbocycles. The van der Waals surface area contributed by atoms with Gasteiger partial charge < -0.3 is 5.11 Å². The first-order valence-corrected chi connectivity index (χ1v) is 7.16. The number of phenols is 1. The number of phenolic OH excluding ortho intramolecular Hbond substituents is 1. The second-order valence-electron chi connectivity index (χ2n) is 3.90. The molecule has 0 bridgehead atoms. The minimum absolute atomic E-state index is 0.0624. The summed E-state index contributed by atoms with van der Waals surface area (Å²) in [6, 6.07) is 10.7. The number of para-hydroxylation sites is 1. The third-order valence-corrected chi connectivity index (χ3v) is 4.35. The van der Waals surface area contributed by atoms with E-state index in [1.807, 2.05) is 24.3 Å². The summed E-state index contributed by atoms with van der Waals surface area (Å²) < 4.78 is 1.04. The molecule has 4 nitrogen and oxygen atoms in total. The van der Waals surface area contributed by atoms with Crippen LogP contribution in [0.3, 0.4) is 0 Å². The summed E-state index contributed by atoms with van der Waals surface area (Å²) in [5, 5.41) is 18.2. The smallest absolute Gasteiger partial charge is 0.231 e. The number of benzene rings is 2. The predicted octanol–water partition coefficient (Wildman–Crippen LogP) is 5.72. The van der Waals surface area contributed by atoms with Crippen LogP contribution in [0, 0.1) is 0 Å². The Kier molecular flexibility index (Phi) is 3.56. The van der Waals surface area contributed by atoms with Gasteiger partial charge in [-0.15, -0.1) is 10.2 Å². The van der Waals surface area contributed by atoms with Crippen LogP contribution in [-0.2, 0) is 0 Å². The molecule has 7 heteroatoms. The van der Waals surface area contributed by atoms with Gasteiger partial charge in [-0.2, -0.15) is 0 Å². The molecule has 0 unspecified atom stereocenters. The van der Waals surface area contributed by atoms with E-state index in [-0.39, 0.29) is 15.8 Å². The van der Waals surface area contributed by atoms with Crippen LogP contribution < -0.4 is 0 Å². The lowest BCUT2D eigenvalue weighted by Crippen LogP contribution is -1.72. The van der Waals surface area contributed by atoms with Gasteiger partial charge in [0.15, 0.2) is 0 Å². The lowest BCUT2D eigenvalue weighted by molar-refractivity contribution is 0.475. The number of thiazole rings is 1. The van der Waals surface area contributed by atoms with Gasteiger partial charge in [-0.05, 0) is 24.3 Å². The molecule has 0 atom stereocenters. The SMILES string of the molecule is Oc1ccc(N=Nc2nc3ccccc3s2)c(Cl)c1Cl. The van der Waals surface area contributed by atoms with Crippen LogP contribution in [0.4, 0.5) is 10.8 Å². The van der Waals surface area contributed by atoms with E-state index in [4.69, 9.17) is 23.2 Å². The Bertz CT molecular complexity index is 783. The molecule has 1 N–H and O–H groups in total. The van der Waals surface area contributed by atoms with Crippen molar-refractivity contribution >= 4 is 55.6 Å². The van der Waals surface area contributed by atoms with Crippen molar-refractivity contribution in [3.05, 3.63) is 46.4 Å². The highest BCUT2D eigenvalue weighted by Crippen LogP contribution is 2.39. The molecule has 1 aromatic heterocycles. The zero-order chi connectivity index (χ0) is 14.1. The number of rotatable bonds is 2. The Morgan fingerprint density at radius 1 is 1.00 bits per heavy atom. The van der Waals surface area contributed by atoms with Crippen molar-refractivity contribution in [3.63, 3.8) is 0 Å². The largest absolute Gasteiger partial charge is 0.506 e. The Labute approximate surface area is 128 Å². The minimum Gasteiger partial charge on any atom is -0.506 e. The van der Waals surface area contributed by atoms with Gasteiger partial charge in [0, 0.05) is 0 Å². The monoisotopic (exact) mass is 323 g/mol. The van der Waals surface area contributed by atoms with E-state index in [2.05, 4.69) is 15.2 Å². The van der Waals surface area contributed by atoms with E-state index in [0.29, 0.717) is 10.8 Å². The molecule has 0 saturated heterocycles. The molecule has 0 spiro atoms. The second kappa shape index (κ2) is 5.36. The molecular weight excluding hydrogens is 317 g/mol. The third kappa shape index (κ3) is 2.47. The highest BCUT2D eigenvalue weighted by atomic mass is 35.5. The van der Waals surface area contributed by atoms with Crippen molar-refractivity contribution in [2.24, 2.45) is 10.2 Å². The zero-order valence-corrected chi connectivity index (χ0v) is 12.2. The molecule has 3 aromatic rings. The van der Waals surface area contributed by atoms with Gasteiger partial charge in [-0.25, -0.2) is 4.98 Å². The lowest BCUT2D eigenvalue weighted by Gasteiger charge is -2.00. The van der Waals surface area contributed by atoms with Crippen molar-refractivity contribution < 1.29 is 5.11 Å². The molecule has 0 amide bonds. The fraction of sp³-hybridized carbons (Fsp3) is 0. The van der Waals surface area contributed by atoms with E-state index >= 15 is 0 Å². The lowest BCUT2D eigenvalue weighted by atomic mass is 10.3. The second-order valence-corrected chi connectivity index (χ2v) is 5.66. The van der Waals surface area contributed by atoms with E-state index in [9.17, 15) is 5.11 Å². The van der Waals surface area contributed by atoms with Gasteiger partial charge in [0.25, 0.3) is 0 Å². The van der Waals surface area contributed by atoms with E-state index in [1.54, 1.807) is 6.07 Å². The average molecular weight is 324 g/mol. The summed E-state index contributed by atoms with van der Waals surface area (Å²) in [6.45, 7) is 0. The fourth-order valence-electron chi connectivity index (χ4n) is 1.61. The molecular formula is C13H7Cl2N3OS. The van der Waals surface area contributed by atoms with Gasteiger partial charge in [0.05, 0.1) is 15.2 Å². The van der Waals surface area contributed by atoms with Crippen molar-refractivity contribution in [1.29, 1.82) is 0 Å². The van der Waals surface area contributed by atoms with Crippen molar-refractivity contribution in [3.8, 4) is 5.75 Å². The van der Waals surface area contributed by atoms with Crippen molar-refractivity contribution in [2.45, 2.75) is 0 Å². The maximum absolute atomic E-state index is 9.41. The minimum atomic E-state index is -0.0874. The van der Waals surface area contributed by atoms with Crippen LogP contribution in [0.25, 0.3) is 10.2 Å². The van der Waals surface area contributed by atoms with Crippen LogP contribution >= 0.6 is 34.5 Å². The summed E-state index contributed by atoms with van der Waals surface area (Å²) in [6.07, 6.45) is 0. The van der Waals surface area contributed by atoms with E-state index in [0.717, 1.165) is 10.2 Å². The van der Waals surface area contributed by atoms with Crippen LogP contribution in [-0.4, -0.2) is 10.1 Å². The highest BCUT2D eigenvalue weighted by molar-refractivity contribution is 7.21. The van der Waals surface area contributed by atoms with Crippen LogP contribution in [0.15, 0.2) is 46.6 Å². The molecule has 0 aliphatic rings. The Hall–Kier alpha value is -1.69.